The highest BCUT2D eigenvalue weighted by Gasteiger charge is 2.44. The standard InChI is InChI=1S/C16H19F2NO3/c1-21-12-8-16(22-9-12)5-2-6-19(10-16)15(20)11-3-4-13(17)14(18)7-11/h3-4,7,12H,2,5-6,8-10H2,1H3/t12-,16+/m0/s1. The van der Waals surface area contributed by atoms with Gasteiger partial charge in [-0.2, -0.15) is 0 Å². The summed E-state index contributed by atoms with van der Waals surface area (Å²) in [6, 6.07) is 3.25. The maximum atomic E-state index is 13.3. The predicted molar refractivity (Wildman–Crippen MR) is 75.6 cm³/mol. The van der Waals surface area contributed by atoms with Gasteiger partial charge < -0.3 is 14.4 Å². The number of carbonyl (C=O) groups is 1. The molecule has 1 aromatic carbocycles. The van der Waals surface area contributed by atoms with Crippen molar-refractivity contribution in [3.05, 3.63) is 35.4 Å². The van der Waals surface area contributed by atoms with Crippen molar-refractivity contribution in [3.63, 3.8) is 0 Å². The summed E-state index contributed by atoms with van der Waals surface area (Å²) in [5.74, 6) is -2.25. The van der Waals surface area contributed by atoms with Gasteiger partial charge in [0.2, 0.25) is 0 Å². The average molecular weight is 311 g/mol. The molecule has 4 nitrogen and oxygen atoms in total. The normalized spacial score (nSPS) is 28.3. The molecule has 3 rings (SSSR count). The molecule has 2 aliphatic rings. The van der Waals surface area contributed by atoms with Gasteiger partial charge in [0.15, 0.2) is 11.6 Å². The molecule has 0 unspecified atom stereocenters. The first-order valence-corrected chi connectivity index (χ1v) is 7.44. The van der Waals surface area contributed by atoms with E-state index in [1.165, 1.54) is 6.07 Å². The molecule has 120 valence electrons. The molecule has 0 radical (unpaired) electrons. The lowest BCUT2D eigenvalue weighted by atomic mass is 9.89. The second-order valence-electron chi connectivity index (χ2n) is 6.02. The number of ether oxygens (including phenoxy) is 2. The van der Waals surface area contributed by atoms with E-state index in [9.17, 15) is 13.6 Å². The molecule has 1 spiro atoms. The van der Waals surface area contributed by atoms with Crippen LogP contribution in [0.3, 0.4) is 0 Å². The predicted octanol–water partition coefficient (Wildman–Crippen LogP) is 2.37. The summed E-state index contributed by atoms with van der Waals surface area (Å²) in [6.45, 7) is 1.59. The second kappa shape index (κ2) is 5.93. The molecule has 1 aromatic rings. The summed E-state index contributed by atoms with van der Waals surface area (Å²) in [6.07, 6.45) is 2.52. The Morgan fingerprint density at radius 2 is 2.23 bits per heavy atom. The third-order valence-electron chi connectivity index (χ3n) is 4.50. The fourth-order valence-electron chi connectivity index (χ4n) is 3.32. The molecule has 0 aliphatic carbocycles. The van der Waals surface area contributed by atoms with Crippen LogP contribution in [-0.4, -0.2) is 49.3 Å². The van der Waals surface area contributed by atoms with Gasteiger partial charge in [0.25, 0.3) is 5.91 Å². The van der Waals surface area contributed by atoms with E-state index >= 15 is 0 Å². The number of hydrogen-bond donors (Lipinski definition) is 0. The Morgan fingerprint density at radius 1 is 1.41 bits per heavy atom. The zero-order valence-corrected chi connectivity index (χ0v) is 12.5. The van der Waals surface area contributed by atoms with Crippen LogP contribution in [0.2, 0.25) is 0 Å². The van der Waals surface area contributed by atoms with Crippen LogP contribution in [-0.2, 0) is 9.47 Å². The number of rotatable bonds is 2. The molecule has 0 aromatic heterocycles. The van der Waals surface area contributed by atoms with Gasteiger partial charge in [0.1, 0.15) is 0 Å². The van der Waals surface area contributed by atoms with Crippen molar-refractivity contribution >= 4 is 5.91 Å². The number of hydrogen-bond acceptors (Lipinski definition) is 3. The Balaban J connectivity index is 1.74. The van der Waals surface area contributed by atoms with Gasteiger partial charge in [0, 0.05) is 25.6 Å². The molecular weight excluding hydrogens is 292 g/mol. The van der Waals surface area contributed by atoms with Crippen molar-refractivity contribution in [1.82, 2.24) is 4.90 Å². The van der Waals surface area contributed by atoms with Crippen molar-refractivity contribution in [2.45, 2.75) is 31.0 Å². The van der Waals surface area contributed by atoms with E-state index in [1.807, 2.05) is 0 Å². The molecule has 22 heavy (non-hydrogen) atoms. The Bertz CT molecular complexity index is 581. The molecule has 2 aliphatic heterocycles. The van der Waals surface area contributed by atoms with E-state index in [4.69, 9.17) is 9.47 Å². The zero-order valence-electron chi connectivity index (χ0n) is 12.5. The Hall–Kier alpha value is -1.53. The number of piperidine rings is 1. The van der Waals surface area contributed by atoms with E-state index < -0.39 is 11.6 Å². The molecule has 0 saturated carbocycles. The van der Waals surface area contributed by atoms with Gasteiger partial charge >= 0.3 is 0 Å². The summed E-state index contributed by atoms with van der Waals surface area (Å²) in [7, 11) is 1.65. The number of carbonyl (C=O) groups excluding carboxylic acids is 1. The van der Waals surface area contributed by atoms with E-state index in [0.29, 0.717) is 19.7 Å². The molecule has 0 N–H and O–H groups in total. The minimum absolute atomic E-state index is 0.0540. The first-order valence-electron chi connectivity index (χ1n) is 7.44. The lowest BCUT2D eigenvalue weighted by Gasteiger charge is -2.39. The lowest BCUT2D eigenvalue weighted by Crippen LogP contribution is -2.50. The zero-order chi connectivity index (χ0) is 15.7. The van der Waals surface area contributed by atoms with E-state index in [2.05, 4.69) is 0 Å². The Kier molecular flexibility index (Phi) is 4.14. The van der Waals surface area contributed by atoms with E-state index in [0.717, 1.165) is 31.4 Å². The van der Waals surface area contributed by atoms with E-state index in [1.54, 1.807) is 12.0 Å². The quantitative estimate of drug-likeness (QED) is 0.842. The monoisotopic (exact) mass is 311 g/mol. The SMILES string of the molecule is CO[C@@H]1CO[C@]2(CCCN(C(=O)c3ccc(F)c(F)c3)C2)C1. The highest BCUT2D eigenvalue weighted by Crippen LogP contribution is 2.36. The minimum atomic E-state index is -1.01. The van der Waals surface area contributed by atoms with Gasteiger partial charge in [-0.05, 0) is 31.0 Å². The van der Waals surface area contributed by atoms with Crippen LogP contribution in [0.15, 0.2) is 18.2 Å². The van der Waals surface area contributed by atoms with Crippen LogP contribution in [0.5, 0.6) is 0 Å². The highest BCUT2D eigenvalue weighted by atomic mass is 19.2. The van der Waals surface area contributed by atoms with Gasteiger partial charge in [-0.25, -0.2) is 8.78 Å². The fourth-order valence-corrected chi connectivity index (χ4v) is 3.32. The van der Waals surface area contributed by atoms with Crippen LogP contribution in [0.25, 0.3) is 0 Å². The number of methoxy groups -OCH3 is 1. The number of halogens is 2. The van der Waals surface area contributed by atoms with Crippen molar-refractivity contribution < 1.29 is 23.0 Å². The van der Waals surface area contributed by atoms with E-state index in [-0.39, 0.29) is 23.2 Å². The number of likely N-dealkylation sites (tertiary alicyclic amines) is 1. The Labute approximate surface area is 128 Å². The molecule has 0 bridgehead atoms. The van der Waals surface area contributed by atoms with Crippen LogP contribution in [0, 0.1) is 11.6 Å². The summed E-state index contributed by atoms with van der Waals surface area (Å²) in [5.41, 5.74) is -0.204. The summed E-state index contributed by atoms with van der Waals surface area (Å²) in [4.78, 5) is 14.2. The summed E-state index contributed by atoms with van der Waals surface area (Å²) in [5, 5.41) is 0. The Morgan fingerprint density at radius 3 is 2.91 bits per heavy atom. The van der Waals surface area contributed by atoms with Gasteiger partial charge in [-0.1, -0.05) is 0 Å². The number of benzene rings is 1. The van der Waals surface area contributed by atoms with Crippen LogP contribution >= 0.6 is 0 Å². The molecular formula is C16H19F2NO3. The summed E-state index contributed by atoms with van der Waals surface area (Å²) < 4.78 is 37.5. The maximum absolute atomic E-state index is 13.3. The van der Waals surface area contributed by atoms with Crippen molar-refractivity contribution in [3.8, 4) is 0 Å². The average Bonchev–Trinajstić information content (AvgIpc) is 2.92. The van der Waals surface area contributed by atoms with Crippen molar-refractivity contribution in [2.24, 2.45) is 0 Å². The molecule has 1 amide bonds. The molecule has 2 heterocycles. The van der Waals surface area contributed by atoms with Gasteiger partial charge in [-0.3, -0.25) is 4.79 Å². The molecule has 2 saturated heterocycles. The lowest BCUT2D eigenvalue weighted by molar-refractivity contribution is -0.0458. The van der Waals surface area contributed by atoms with Crippen molar-refractivity contribution in [1.29, 1.82) is 0 Å². The summed E-state index contributed by atoms with van der Waals surface area (Å²) >= 11 is 0. The molecule has 2 atom stereocenters. The topological polar surface area (TPSA) is 38.8 Å². The third kappa shape index (κ3) is 2.85. The second-order valence-corrected chi connectivity index (χ2v) is 6.02. The third-order valence-corrected chi connectivity index (χ3v) is 4.50. The highest BCUT2D eigenvalue weighted by molar-refractivity contribution is 5.94. The largest absolute Gasteiger partial charge is 0.379 e. The molecule has 6 heteroatoms. The van der Waals surface area contributed by atoms with Crippen LogP contribution in [0.1, 0.15) is 29.6 Å². The van der Waals surface area contributed by atoms with Gasteiger partial charge in [-0.15, -0.1) is 0 Å². The minimum Gasteiger partial charge on any atom is -0.379 e. The fraction of sp³-hybridized carbons (Fsp3) is 0.562. The maximum Gasteiger partial charge on any atom is 0.254 e. The number of amides is 1. The first kappa shape index (κ1) is 15.4. The van der Waals surface area contributed by atoms with Crippen LogP contribution < -0.4 is 0 Å². The molecule has 2 fully saturated rings. The first-order chi connectivity index (χ1) is 10.5. The number of nitrogens with zero attached hydrogens (tertiary/aromatic N) is 1. The smallest absolute Gasteiger partial charge is 0.254 e. The van der Waals surface area contributed by atoms with Crippen LogP contribution in [0.4, 0.5) is 8.78 Å². The van der Waals surface area contributed by atoms with Crippen molar-refractivity contribution in [2.75, 3.05) is 26.8 Å². The van der Waals surface area contributed by atoms with Gasteiger partial charge in [0.05, 0.1) is 24.9 Å².